The van der Waals surface area contributed by atoms with Gasteiger partial charge in [0.1, 0.15) is 17.9 Å². The first kappa shape index (κ1) is 18.2. The summed E-state index contributed by atoms with van der Waals surface area (Å²) in [6, 6.07) is 17.9. The number of methoxy groups -OCH3 is 1. The Balaban J connectivity index is 1.53. The number of hydrogen-bond acceptors (Lipinski definition) is 5. The molecule has 0 bridgehead atoms. The predicted molar refractivity (Wildman–Crippen MR) is 113 cm³/mol. The maximum Gasteiger partial charge on any atom is 0.163 e. The maximum absolute atomic E-state index is 5.90. The molecule has 0 amide bonds. The lowest BCUT2D eigenvalue weighted by molar-refractivity contribution is 0.0852. The summed E-state index contributed by atoms with van der Waals surface area (Å²) in [5.74, 6) is 1.73. The summed E-state index contributed by atoms with van der Waals surface area (Å²) >= 11 is 0. The van der Waals surface area contributed by atoms with E-state index in [1.165, 1.54) is 0 Å². The Labute approximate surface area is 174 Å². The predicted octanol–water partition coefficient (Wildman–Crippen LogP) is 4.24. The van der Waals surface area contributed by atoms with Gasteiger partial charge in [-0.05, 0) is 48.9 Å². The van der Waals surface area contributed by atoms with Gasteiger partial charge >= 0.3 is 0 Å². The molecule has 0 radical (unpaired) electrons. The van der Waals surface area contributed by atoms with Gasteiger partial charge in [-0.1, -0.05) is 23.4 Å². The van der Waals surface area contributed by atoms with E-state index in [1.807, 2.05) is 77.0 Å². The van der Waals surface area contributed by atoms with E-state index in [0.29, 0.717) is 6.42 Å². The monoisotopic (exact) mass is 399 g/mol. The fourth-order valence-corrected chi connectivity index (χ4v) is 3.77. The van der Waals surface area contributed by atoms with E-state index in [-0.39, 0.29) is 6.10 Å². The molecule has 2 aromatic heterocycles. The van der Waals surface area contributed by atoms with Gasteiger partial charge in [0.15, 0.2) is 6.10 Å². The van der Waals surface area contributed by atoms with Gasteiger partial charge in [-0.3, -0.25) is 4.57 Å². The Morgan fingerprint density at radius 1 is 1.07 bits per heavy atom. The number of para-hydroxylation sites is 1. The van der Waals surface area contributed by atoms with Crippen LogP contribution in [0, 0.1) is 6.92 Å². The normalized spacial score (nSPS) is 15.7. The van der Waals surface area contributed by atoms with Crippen molar-refractivity contribution in [2.45, 2.75) is 19.4 Å². The largest absolute Gasteiger partial charge is 0.497 e. The van der Waals surface area contributed by atoms with E-state index in [4.69, 9.17) is 14.7 Å². The summed E-state index contributed by atoms with van der Waals surface area (Å²) in [5.41, 5.74) is 4.81. The molecule has 2 aromatic carbocycles. The summed E-state index contributed by atoms with van der Waals surface area (Å²) in [6.45, 7) is 2.00. The van der Waals surface area contributed by atoms with Gasteiger partial charge in [-0.2, -0.15) is 5.10 Å². The molecule has 4 aromatic rings. The molecule has 7 heteroatoms. The van der Waals surface area contributed by atoms with Crippen molar-refractivity contribution in [1.82, 2.24) is 19.3 Å². The summed E-state index contributed by atoms with van der Waals surface area (Å²) in [7, 11) is 1.66. The third kappa shape index (κ3) is 3.14. The van der Waals surface area contributed by atoms with Crippen LogP contribution in [-0.4, -0.2) is 32.2 Å². The molecule has 0 saturated carbocycles. The van der Waals surface area contributed by atoms with Gasteiger partial charge < -0.3 is 9.57 Å². The Kier molecular flexibility index (Phi) is 4.55. The smallest absolute Gasteiger partial charge is 0.163 e. The first-order valence-corrected chi connectivity index (χ1v) is 9.75. The fourth-order valence-electron chi connectivity index (χ4n) is 3.77. The molecule has 1 unspecified atom stereocenters. The highest BCUT2D eigenvalue weighted by Gasteiger charge is 2.32. The summed E-state index contributed by atoms with van der Waals surface area (Å²) in [4.78, 5) is 10.1. The number of aromatic nitrogens is 4. The lowest BCUT2D eigenvalue weighted by Crippen LogP contribution is -2.09. The number of ether oxygens (including phenoxy) is 1. The molecule has 0 aliphatic carbocycles. The van der Waals surface area contributed by atoms with Crippen LogP contribution in [0.25, 0.3) is 11.5 Å². The van der Waals surface area contributed by atoms with Crippen molar-refractivity contribution in [3.63, 3.8) is 0 Å². The fraction of sp³-hybridized carbons (Fsp3) is 0.174. The summed E-state index contributed by atoms with van der Waals surface area (Å²) in [6.07, 6.45) is 5.89. The van der Waals surface area contributed by atoms with E-state index in [2.05, 4.69) is 10.1 Å². The number of aryl methyl sites for hydroxylation is 1. The first-order valence-electron chi connectivity index (χ1n) is 9.75. The molecule has 150 valence electrons. The van der Waals surface area contributed by atoms with Crippen molar-refractivity contribution < 1.29 is 9.57 Å². The molecular formula is C23H21N5O2. The second-order valence-electron chi connectivity index (χ2n) is 7.10. The second-order valence-corrected chi connectivity index (χ2v) is 7.10. The molecule has 5 rings (SSSR count). The number of imidazole rings is 1. The van der Waals surface area contributed by atoms with Crippen molar-refractivity contribution in [2.75, 3.05) is 7.11 Å². The van der Waals surface area contributed by atoms with Crippen LogP contribution in [0.2, 0.25) is 0 Å². The average molecular weight is 399 g/mol. The van der Waals surface area contributed by atoms with Crippen LogP contribution in [0.5, 0.6) is 5.75 Å². The minimum absolute atomic E-state index is 0.225. The molecule has 1 aliphatic rings. The summed E-state index contributed by atoms with van der Waals surface area (Å²) in [5, 5.41) is 9.20. The Hall–Kier alpha value is -3.87. The maximum atomic E-state index is 5.90. The number of nitrogens with zero attached hydrogens (tertiary/aromatic N) is 5. The van der Waals surface area contributed by atoms with Crippen molar-refractivity contribution in [1.29, 1.82) is 0 Å². The van der Waals surface area contributed by atoms with Crippen LogP contribution < -0.4 is 4.74 Å². The zero-order chi connectivity index (χ0) is 20.5. The van der Waals surface area contributed by atoms with E-state index in [0.717, 1.165) is 39.8 Å². The van der Waals surface area contributed by atoms with Crippen LogP contribution in [-0.2, 0) is 4.84 Å². The number of rotatable bonds is 5. The molecule has 3 heterocycles. The van der Waals surface area contributed by atoms with Gasteiger partial charge in [0.05, 0.1) is 29.8 Å². The topological polar surface area (TPSA) is 66.5 Å². The third-order valence-corrected chi connectivity index (χ3v) is 5.25. The Bertz CT molecular complexity index is 1180. The van der Waals surface area contributed by atoms with Crippen molar-refractivity contribution in [3.05, 3.63) is 90.1 Å². The highest BCUT2D eigenvalue weighted by Crippen LogP contribution is 2.36. The average Bonchev–Trinajstić information content (AvgIpc) is 3.54. The molecule has 0 spiro atoms. The van der Waals surface area contributed by atoms with Gasteiger partial charge in [0, 0.05) is 18.8 Å². The number of oxime groups is 1. The highest BCUT2D eigenvalue weighted by molar-refractivity contribution is 6.01. The van der Waals surface area contributed by atoms with Crippen LogP contribution in [0.3, 0.4) is 0 Å². The minimum atomic E-state index is -0.225. The molecule has 7 nitrogen and oxygen atoms in total. The van der Waals surface area contributed by atoms with E-state index >= 15 is 0 Å². The minimum Gasteiger partial charge on any atom is -0.497 e. The van der Waals surface area contributed by atoms with Crippen LogP contribution in [0.4, 0.5) is 0 Å². The van der Waals surface area contributed by atoms with Crippen molar-refractivity contribution in [3.8, 4) is 17.3 Å². The Morgan fingerprint density at radius 3 is 2.57 bits per heavy atom. The Morgan fingerprint density at radius 2 is 1.87 bits per heavy atom. The number of benzene rings is 2. The molecular weight excluding hydrogens is 378 g/mol. The highest BCUT2D eigenvalue weighted by atomic mass is 16.6. The standard InChI is InChI=1S/C23H21N5O2/c1-16-22(21-14-20(26-30-21)17-8-10-19(29-2)11-9-17)23(27-13-12-24-15-27)28(25-16)18-6-4-3-5-7-18/h3-13,15,21H,14H2,1-2H3. The zero-order valence-corrected chi connectivity index (χ0v) is 16.8. The molecule has 0 fully saturated rings. The molecule has 1 atom stereocenters. The van der Waals surface area contributed by atoms with Crippen molar-refractivity contribution in [2.24, 2.45) is 5.16 Å². The van der Waals surface area contributed by atoms with E-state index < -0.39 is 0 Å². The molecule has 30 heavy (non-hydrogen) atoms. The van der Waals surface area contributed by atoms with Crippen LogP contribution in [0.15, 0.2) is 78.5 Å². The van der Waals surface area contributed by atoms with Crippen LogP contribution >= 0.6 is 0 Å². The summed E-state index contributed by atoms with van der Waals surface area (Å²) < 4.78 is 9.15. The van der Waals surface area contributed by atoms with Gasteiger partial charge in [-0.25, -0.2) is 9.67 Å². The van der Waals surface area contributed by atoms with E-state index in [9.17, 15) is 0 Å². The van der Waals surface area contributed by atoms with E-state index in [1.54, 1.807) is 19.6 Å². The zero-order valence-electron chi connectivity index (χ0n) is 16.8. The quantitative estimate of drug-likeness (QED) is 0.503. The van der Waals surface area contributed by atoms with Gasteiger partial charge in [0.25, 0.3) is 0 Å². The van der Waals surface area contributed by atoms with Crippen LogP contribution in [0.1, 0.15) is 29.3 Å². The van der Waals surface area contributed by atoms with Gasteiger partial charge in [-0.15, -0.1) is 0 Å². The lowest BCUT2D eigenvalue weighted by atomic mass is 10.00. The molecule has 0 saturated heterocycles. The number of hydrogen-bond donors (Lipinski definition) is 0. The molecule has 0 N–H and O–H groups in total. The lowest BCUT2D eigenvalue weighted by Gasteiger charge is -2.13. The first-order chi connectivity index (χ1) is 14.7. The SMILES string of the molecule is COc1ccc(C2=NOC(c3c(C)nn(-c4ccccc4)c3-n3ccnc3)C2)cc1. The van der Waals surface area contributed by atoms with Gasteiger partial charge in [0.2, 0.25) is 0 Å². The second kappa shape index (κ2) is 7.51. The van der Waals surface area contributed by atoms with Crippen molar-refractivity contribution >= 4 is 5.71 Å². The third-order valence-electron chi connectivity index (χ3n) is 5.25. The molecule has 1 aliphatic heterocycles.